The largest absolute Gasteiger partial charge is 0.381 e. The lowest BCUT2D eigenvalue weighted by molar-refractivity contribution is 0.0261. The molecule has 78 valence electrons. The fourth-order valence-electron chi connectivity index (χ4n) is 1.94. The summed E-state index contributed by atoms with van der Waals surface area (Å²) in [6, 6.07) is 4.32. The van der Waals surface area contributed by atoms with Gasteiger partial charge < -0.3 is 4.74 Å². The van der Waals surface area contributed by atoms with Crippen molar-refractivity contribution in [2.24, 2.45) is 5.41 Å². The van der Waals surface area contributed by atoms with Crippen molar-refractivity contribution in [3.8, 4) is 0 Å². The zero-order chi connectivity index (χ0) is 9.86. The van der Waals surface area contributed by atoms with Crippen molar-refractivity contribution in [2.45, 2.75) is 19.3 Å². The zero-order valence-electron chi connectivity index (χ0n) is 8.17. The molecule has 1 aromatic rings. The van der Waals surface area contributed by atoms with E-state index in [1.54, 1.807) is 0 Å². The summed E-state index contributed by atoms with van der Waals surface area (Å²) in [7, 11) is 0. The zero-order valence-corrected chi connectivity index (χ0v) is 9.74. The third kappa shape index (κ3) is 2.30. The van der Waals surface area contributed by atoms with Crippen LogP contribution in [-0.4, -0.2) is 19.1 Å². The molecule has 1 saturated heterocycles. The number of rotatable bonds is 3. The van der Waals surface area contributed by atoms with E-state index in [-0.39, 0.29) is 0 Å². The maximum Gasteiger partial charge on any atom is 0.0471 e. The predicted molar refractivity (Wildman–Crippen MR) is 61.2 cm³/mol. The summed E-state index contributed by atoms with van der Waals surface area (Å²) in [5.41, 5.74) is 0.296. The molecule has 14 heavy (non-hydrogen) atoms. The van der Waals surface area contributed by atoms with E-state index in [9.17, 15) is 0 Å². The minimum Gasteiger partial charge on any atom is -0.381 e. The van der Waals surface area contributed by atoms with Crippen LogP contribution in [0.5, 0.6) is 0 Å². The van der Waals surface area contributed by atoms with E-state index in [1.807, 2.05) is 11.3 Å². The monoisotopic (exact) mass is 230 g/mol. The Morgan fingerprint density at radius 1 is 1.43 bits per heavy atom. The van der Waals surface area contributed by atoms with Gasteiger partial charge in [-0.3, -0.25) is 0 Å². The van der Waals surface area contributed by atoms with Crippen LogP contribution in [-0.2, 0) is 11.2 Å². The van der Waals surface area contributed by atoms with Crippen molar-refractivity contribution < 1.29 is 4.74 Å². The van der Waals surface area contributed by atoms with Crippen LogP contribution in [0.25, 0.3) is 0 Å². The summed E-state index contributed by atoms with van der Waals surface area (Å²) in [6.07, 6.45) is 3.33. The molecular weight excluding hydrogens is 216 g/mol. The highest BCUT2D eigenvalue weighted by atomic mass is 35.5. The van der Waals surface area contributed by atoms with Gasteiger partial charge in [0.15, 0.2) is 0 Å². The minimum absolute atomic E-state index is 0.296. The molecule has 1 nitrogen and oxygen atoms in total. The predicted octanol–water partition coefficient (Wildman–Crippen LogP) is 3.33. The van der Waals surface area contributed by atoms with Gasteiger partial charge in [0.05, 0.1) is 0 Å². The lowest BCUT2D eigenvalue weighted by Gasteiger charge is -2.35. The maximum atomic E-state index is 6.10. The molecule has 0 bridgehead atoms. The van der Waals surface area contributed by atoms with Crippen molar-refractivity contribution >= 4 is 22.9 Å². The second-order valence-corrected chi connectivity index (χ2v) is 5.30. The molecule has 0 atom stereocenters. The van der Waals surface area contributed by atoms with E-state index in [0.29, 0.717) is 5.41 Å². The fraction of sp³-hybridized carbons (Fsp3) is 0.636. The molecule has 0 radical (unpaired) electrons. The average Bonchev–Trinajstić information content (AvgIpc) is 2.72. The number of halogens is 1. The van der Waals surface area contributed by atoms with Crippen LogP contribution in [0.2, 0.25) is 0 Å². The van der Waals surface area contributed by atoms with Gasteiger partial charge >= 0.3 is 0 Å². The van der Waals surface area contributed by atoms with E-state index in [1.165, 1.54) is 4.88 Å². The first kappa shape index (κ1) is 10.5. The van der Waals surface area contributed by atoms with Crippen LogP contribution in [0.1, 0.15) is 17.7 Å². The number of ether oxygens (including phenoxy) is 1. The highest BCUT2D eigenvalue weighted by Crippen LogP contribution is 2.36. The minimum atomic E-state index is 0.296. The Kier molecular flexibility index (Phi) is 3.47. The normalized spacial score (nSPS) is 20.9. The summed E-state index contributed by atoms with van der Waals surface area (Å²) < 4.78 is 5.39. The molecule has 0 aromatic carbocycles. The lowest BCUT2D eigenvalue weighted by atomic mass is 9.79. The molecule has 0 amide bonds. The van der Waals surface area contributed by atoms with Crippen molar-refractivity contribution in [2.75, 3.05) is 19.1 Å². The Bertz CT molecular complexity index is 265. The van der Waals surface area contributed by atoms with Crippen LogP contribution < -0.4 is 0 Å². The molecule has 0 aliphatic carbocycles. The molecule has 1 aromatic heterocycles. The van der Waals surface area contributed by atoms with Crippen LogP contribution in [0, 0.1) is 5.41 Å². The van der Waals surface area contributed by atoms with Gasteiger partial charge in [0.25, 0.3) is 0 Å². The summed E-state index contributed by atoms with van der Waals surface area (Å²) in [6.45, 7) is 1.75. The number of alkyl halides is 1. The van der Waals surface area contributed by atoms with Gasteiger partial charge in [0.1, 0.15) is 0 Å². The topological polar surface area (TPSA) is 9.23 Å². The first-order chi connectivity index (χ1) is 6.85. The van der Waals surface area contributed by atoms with Gasteiger partial charge in [0.2, 0.25) is 0 Å². The van der Waals surface area contributed by atoms with Crippen molar-refractivity contribution in [3.05, 3.63) is 22.4 Å². The van der Waals surface area contributed by atoms with Gasteiger partial charge in [-0.2, -0.15) is 0 Å². The summed E-state index contributed by atoms with van der Waals surface area (Å²) in [5.74, 6) is 0.758. The van der Waals surface area contributed by atoms with Crippen molar-refractivity contribution in [3.63, 3.8) is 0 Å². The van der Waals surface area contributed by atoms with E-state index in [2.05, 4.69) is 17.5 Å². The molecule has 0 saturated carbocycles. The van der Waals surface area contributed by atoms with E-state index in [4.69, 9.17) is 16.3 Å². The Morgan fingerprint density at radius 2 is 2.21 bits per heavy atom. The smallest absolute Gasteiger partial charge is 0.0471 e. The number of thiophene rings is 1. The van der Waals surface area contributed by atoms with Crippen LogP contribution >= 0.6 is 22.9 Å². The molecule has 3 heteroatoms. The highest BCUT2D eigenvalue weighted by molar-refractivity contribution is 7.09. The molecule has 1 aliphatic rings. The Labute approximate surface area is 94.0 Å². The van der Waals surface area contributed by atoms with Gasteiger partial charge in [-0.1, -0.05) is 6.07 Å². The number of hydrogen-bond acceptors (Lipinski definition) is 2. The van der Waals surface area contributed by atoms with Gasteiger partial charge in [-0.15, -0.1) is 22.9 Å². The summed E-state index contributed by atoms with van der Waals surface area (Å²) in [5, 5.41) is 2.14. The molecule has 2 heterocycles. The standard InChI is InChI=1S/C11H15ClOS/c12-9-11(3-5-13-6-4-11)8-10-2-1-7-14-10/h1-2,7H,3-6,8-9H2. The van der Waals surface area contributed by atoms with Crippen LogP contribution in [0.4, 0.5) is 0 Å². The second-order valence-electron chi connectivity index (χ2n) is 4.00. The maximum absolute atomic E-state index is 6.10. The van der Waals surface area contributed by atoms with Gasteiger partial charge in [0, 0.05) is 24.0 Å². The molecule has 0 unspecified atom stereocenters. The first-order valence-electron chi connectivity index (χ1n) is 5.01. The van der Waals surface area contributed by atoms with Crippen molar-refractivity contribution in [1.82, 2.24) is 0 Å². The third-order valence-corrected chi connectivity index (χ3v) is 4.41. The van der Waals surface area contributed by atoms with Crippen molar-refractivity contribution in [1.29, 1.82) is 0 Å². The number of hydrogen-bond donors (Lipinski definition) is 0. The molecule has 2 rings (SSSR count). The second kappa shape index (κ2) is 4.65. The fourth-order valence-corrected chi connectivity index (χ4v) is 3.19. The first-order valence-corrected chi connectivity index (χ1v) is 6.42. The SMILES string of the molecule is ClCC1(Cc2cccs2)CCOCC1. The average molecular weight is 231 g/mol. The van der Waals surface area contributed by atoms with E-state index < -0.39 is 0 Å². The molecule has 0 N–H and O–H groups in total. The quantitative estimate of drug-likeness (QED) is 0.724. The van der Waals surface area contributed by atoms with E-state index in [0.717, 1.165) is 38.4 Å². The Morgan fingerprint density at radius 3 is 2.79 bits per heavy atom. The van der Waals surface area contributed by atoms with E-state index >= 15 is 0 Å². The summed E-state index contributed by atoms with van der Waals surface area (Å²) >= 11 is 7.93. The summed E-state index contributed by atoms with van der Waals surface area (Å²) in [4.78, 5) is 1.45. The van der Waals surface area contributed by atoms with Crippen LogP contribution in [0.3, 0.4) is 0 Å². The third-order valence-electron chi connectivity index (χ3n) is 2.97. The Balaban J connectivity index is 2.04. The Hall–Kier alpha value is -0.0500. The molecule has 1 fully saturated rings. The molecule has 1 aliphatic heterocycles. The molecule has 0 spiro atoms. The highest BCUT2D eigenvalue weighted by Gasteiger charge is 2.32. The van der Waals surface area contributed by atoms with Gasteiger partial charge in [-0.05, 0) is 36.1 Å². The lowest BCUT2D eigenvalue weighted by Crippen LogP contribution is -2.33. The van der Waals surface area contributed by atoms with Gasteiger partial charge in [-0.25, -0.2) is 0 Å². The molecular formula is C11H15ClOS. The van der Waals surface area contributed by atoms with Crippen LogP contribution in [0.15, 0.2) is 17.5 Å².